The zero-order valence-corrected chi connectivity index (χ0v) is 10.9. The van der Waals surface area contributed by atoms with Gasteiger partial charge in [0.05, 0.1) is 18.7 Å². The molecule has 6 heteroatoms. The maximum absolute atomic E-state index is 5.36. The molecule has 0 saturated carbocycles. The summed E-state index contributed by atoms with van der Waals surface area (Å²) in [6.07, 6.45) is 1.59. The number of nitrogens with zero attached hydrogens (tertiary/aromatic N) is 3. The van der Waals surface area contributed by atoms with Crippen molar-refractivity contribution in [3.8, 4) is 0 Å². The third-order valence-corrected chi connectivity index (χ3v) is 3.63. The van der Waals surface area contributed by atoms with Gasteiger partial charge in [0.2, 0.25) is 0 Å². The van der Waals surface area contributed by atoms with Crippen LogP contribution in [0.25, 0.3) is 11.0 Å². The Morgan fingerprint density at radius 2 is 2.25 bits per heavy atom. The molecule has 1 aliphatic heterocycles. The molecule has 0 spiro atoms. The van der Waals surface area contributed by atoms with Crippen molar-refractivity contribution in [2.24, 2.45) is 0 Å². The number of fused-ring (bicyclic) bond motifs is 1. The van der Waals surface area contributed by atoms with E-state index in [0.717, 1.165) is 41.3 Å². The van der Waals surface area contributed by atoms with Crippen molar-refractivity contribution in [3.63, 3.8) is 0 Å². The van der Waals surface area contributed by atoms with E-state index in [0.29, 0.717) is 18.9 Å². The summed E-state index contributed by atoms with van der Waals surface area (Å²) in [6.45, 7) is 1.51. The van der Waals surface area contributed by atoms with Crippen molar-refractivity contribution in [2.75, 3.05) is 13.2 Å². The highest BCUT2D eigenvalue weighted by Gasteiger charge is 2.22. The number of ether oxygens (including phenoxy) is 1. The maximum atomic E-state index is 5.36. The minimum atomic E-state index is 0.314. The number of nitrogens with one attached hydrogen (secondary N) is 1. The van der Waals surface area contributed by atoms with Crippen LogP contribution in [0.3, 0.4) is 0 Å². The van der Waals surface area contributed by atoms with Gasteiger partial charge in [0.25, 0.3) is 0 Å². The van der Waals surface area contributed by atoms with Gasteiger partial charge in [-0.3, -0.25) is 5.10 Å². The van der Waals surface area contributed by atoms with Crippen LogP contribution >= 0.6 is 0 Å². The second-order valence-corrected chi connectivity index (χ2v) is 5.00. The topological polar surface area (TPSA) is 76.8 Å². The monoisotopic (exact) mass is 270 g/mol. The van der Waals surface area contributed by atoms with Crippen molar-refractivity contribution in [2.45, 2.75) is 18.8 Å². The predicted molar refractivity (Wildman–Crippen MR) is 71.4 cm³/mol. The van der Waals surface area contributed by atoms with Gasteiger partial charge in [-0.1, -0.05) is 17.3 Å². The number of hydrogen-bond acceptors (Lipinski definition) is 5. The van der Waals surface area contributed by atoms with Crippen LogP contribution in [-0.2, 0) is 11.2 Å². The van der Waals surface area contributed by atoms with Crippen LogP contribution in [0.1, 0.15) is 29.7 Å². The summed E-state index contributed by atoms with van der Waals surface area (Å²) in [6, 6.07) is 7.82. The summed E-state index contributed by atoms with van der Waals surface area (Å²) < 4.78 is 10.7. The number of aromatic amines is 1. The van der Waals surface area contributed by atoms with Gasteiger partial charge in [-0.25, -0.2) is 4.98 Å². The lowest BCUT2D eigenvalue weighted by atomic mass is 10.1. The molecule has 1 aliphatic rings. The lowest BCUT2D eigenvalue weighted by Crippen LogP contribution is -2.00. The Morgan fingerprint density at radius 3 is 3.15 bits per heavy atom. The van der Waals surface area contributed by atoms with Crippen LogP contribution in [-0.4, -0.2) is 33.6 Å². The Morgan fingerprint density at radius 1 is 1.30 bits per heavy atom. The fourth-order valence-corrected chi connectivity index (χ4v) is 2.53. The molecule has 0 aliphatic carbocycles. The molecule has 6 nitrogen and oxygen atoms in total. The molecule has 1 atom stereocenters. The first-order chi connectivity index (χ1) is 9.90. The molecule has 0 unspecified atom stereocenters. The van der Waals surface area contributed by atoms with Crippen molar-refractivity contribution in [1.29, 1.82) is 0 Å². The minimum Gasteiger partial charge on any atom is -0.381 e. The van der Waals surface area contributed by atoms with Crippen LogP contribution in [0.4, 0.5) is 0 Å². The summed E-state index contributed by atoms with van der Waals surface area (Å²) in [5.74, 6) is 1.96. The average molecular weight is 270 g/mol. The standard InChI is InChI=1S/C14H14N4O2/c1-2-4-12-10(3-1)11(18-20-12)7-13-15-14(17-16-13)9-5-6-19-8-9/h1-4,9H,5-8H2,(H,15,16,17)/t9-/m1/s1. The summed E-state index contributed by atoms with van der Waals surface area (Å²) in [7, 11) is 0. The summed E-state index contributed by atoms with van der Waals surface area (Å²) in [5, 5.41) is 12.4. The lowest BCUT2D eigenvalue weighted by molar-refractivity contribution is 0.193. The lowest BCUT2D eigenvalue weighted by Gasteiger charge is -1.98. The number of para-hydroxylation sites is 1. The quantitative estimate of drug-likeness (QED) is 0.788. The van der Waals surface area contributed by atoms with Crippen LogP contribution in [0.15, 0.2) is 28.8 Å². The number of aromatic nitrogens is 4. The van der Waals surface area contributed by atoms with E-state index < -0.39 is 0 Å². The van der Waals surface area contributed by atoms with Crippen molar-refractivity contribution < 1.29 is 9.26 Å². The molecule has 1 N–H and O–H groups in total. The highest BCUT2D eigenvalue weighted by molar-refractivity contribution is 5.79. The summed E-state index contributed by atoms with van der Waals surface area (Å²) in [4.78, 5) is 4.55. The Bertz CT molecular complexity index is 727. The van der Waals surface area contributed by atoms with E-state index in [4.69, 9.17) is 9.26 Å². The average Bonchev–Trinajstić information content (AvgIpc) is 3.19. The number of H-pyrrole nitrogens is 1. The van der Waals surface area contributed by atoms with Gasteiger partial charge in [0.15, 0.2) is 11.4 Å². The Kier molecular flexibility index (Phi) is 2.74. The molecule has 3 heterocycles. The molecule has 4 rings (SSSR count). The molecule has 1 fully saturated rings. The zero-order valence-electron chi connectivity index (χ0n) is 10.9. The second kappa shape index (κ2) is 4.72. The summed E-state index contributed by atoms with van der Waals surface area (Å²) in [5.41, 5.74) is 1.68. The molecule has 1 saturated heterocycles. The molecule has 2 aromatic heterocycles. The molecule has 0 bridgehead atoms. The fraction of sp³-hybridized carbons (Fsp3) is 0.357. The molecule has 0 radical (unpaired) electrons. The van der Waals surface area contributed by atoms with Crippen molar-refractivity contribution in [1.82, 2.24) is 20.3 Å². The Hall–Kier alpha value is -2.21. The van der Waals surface area contributed by atoms with Crippen LogP contribution in [0.2, 0.25) is 0 Å². The van der Waals surface area contributed by atoms with Gasteiger partial charge in [-0.05, 0) is 18.6 Å². The number of hydrogen-bond donors (Lipinski definition) is 1. The largest absolute Gasteiger partial charge is 0.381 e. The van der Waals surface area contributed by atoms with E-state index in [1.807, 2.05) is 24.3 Å². The molecular formula is C14H14N4O2. The SMILES string of the molecule is c1ccc2c(Cc3nc([C@@H]4CCOC4)n[nH]3)noc2c1. The molecular weight excluding hydrogens is 256 g/mol. The molecule has 102 valence electrons. The van der Waals surface area contributed by atoms with Gasteiger partial charge in [0, 0.05) is 17.9 Å². The Balaban J connectivity index is 1.59. The first-order valence-electron chi connectivity index (χ1n) is 6.72. The fourth-order valence-electron chi connectivity index (χ4n) is 2.53. The van der Waals surface area contributed by atoms with Gasteiger partial charge in [0.1, 0.15) is 5.82 Å². The van der Waals surface area contributed by atoms with Crippen molar-refractivity contribution in [3.05, 3.63) is 41.6 Å². The Labute approximate surface area is 115 Å². The van der Waals surface area contributed by atoms with E-state index >= 15 is 0 Å². The molecule has 20 heavy (non-hydrogen) atoms. The first-order valence-corrected chi connectivity index (χ1v) is 6.72. The van der Waals surface area contributed by atoms with E-state index in [1.165, 1.54) is 0 Å². The number of rotatable bonds is 3. The minimum absolute atomic E-state index is 0.314. The van der Waals surface area contributed by atoms with Gasteiger partial charge in [-0.2, -0.15) is 5.10 Å². The van der Waals surface area contributed by atoms with E-state index in [9.17, 15) is 0 Å². The van der Waals surface area contributed by atoms with Crippen LogP contribution in [0.5, 0.6) is 0 Å². The van der Waals surface area contributed by atoms with Gasteiger partial charge < -0.3 is 9.26 Å². The molecule has 1 aromatic carbocycles. The van der Waals surface area contributed by atoms with Gasteiger partial charge in [-0.15, -0.1) is 0 Å². The smallest absolute Gasteiger partial charge is 0.167 e. The molecule has 0 amide bonds. The van der Waals surface area contributed by atoms with E-state index in [2.05, 4.69) is 20.3 Å². The van der Waals surface area contributed by atoms with E-state index in [-0.39, 0.29) is 0 Å². The zero-order chi connectivity index (χ0) is 13.4. The predicted octanol–water partition coefficient (Wildman–Crippen LogP) is 2.04. The third kappa shape index (κ3) is 1.98. The number of benzene rings is 1. The van der Waals surface area contributed by atoms with Gasteiger partial charge >= 0.3 is 0 Å². The first kappa shape index (κ1) is 11.6. The normalized spacial score (nSPS) is 18.9. The maximum Gasteiger partial charge on any atom is 0.167 e. The van der Waals surface area contributed by atoms with Crippen molar-refractivity contribution >= 4 is 11.0 Å². The van der Waals surface area contributed by atoms with Crippen LogP contribution in [0, 0.1) is 0 Å². The second-order valence-electron chi connectivity index (χ2n) is 5.00. The van der Waals surface area contributed by atoms with Crippen LogP contribution < -0.4 is 0 Å². The highest BCUT2D eigenvalue weighted by Crippen LogP contribution is 2.23. The summed E-state index contributed by atoms with van der Waals surface area (Å²) >= 11 is 0. The highest BCUT2D eigenvalue weighted by atomic mass is 16.5. The third-order valence-electron chi connectivity index (χ3n) is 3.63. The molecule has 3 aromatic rings. The van der Waals surface area contributed by atoms with E-state index in [1.54, 1.807) is 0 Å².